The lowest BCUT2D eigenvalue weighted by Gasteiger charge is -2.30. The van der Waals surface area contributed by atoms with E-state index in [1.165, 1.54) is 11.8 Å². The number of benzene rings is 1. The van der Waals surface area contributed by atoms with E-state index in [0.717, 1.165) is 16.8 Å². The Labute approximate surface area is 155 Å². The van der Waals surface area contributed by atoms with E-state index in [1.807, 2.05) is 26.0 Å². The van der Waals surface area contributed by atoms with Crippen LogP contribution in [-0.4, -0.2) is 60.9 Å². The summed E-state index contributed by atoms with van der Waals surface area (Å²) in [6.45, 7) is 4.99. The minimum Gasteiger partial charge on any atom is -0.481 e. The molecule has 1 fully saturated rings. The molecular formula is C17H21N5O3S. The largest absolute Gasteiger partial charge is 0.481 e. The number of hydrogen-bond acceptors (Lipinski definition) is 6. The highest BCUT2D eigenvalue weighted by molar-refractivity contribution is 7.99. The number of nitrogens with zero attached hydrogens (tertiary/aromatic N) is 5. The van der Waals surface area contributed by atoms with Gasteiger partial charge in [0.1, 0.15) is 0 Å². The molecule has 1 aromatic carbocycles. The monoisotopic (exact) mass is 375 g/mol. The van der Waals surface area contributed by atoms with Crippen LogP contribution in [0, 0.1) is 19.8 Å². The topological polar surface area (TPSA) is 101 Å². The van der Waals surface area contributed by atoms with Crippen molar-refractivity contribution in [3.05, 3.63) is 29.3 Å². The molecule has 0 spiro atoms. The van der Waals surface area contributed by atoms with Gasteiger partial charge in [-0.1, -0.05) is 29.5 Å². The van der Waals surface area contributed by atoms with Crippen LogP contribution in [0.3, 0.4) is 0 Å². The average molecular weight is 375 g/mol. The molecule has 0 atom stereocenters. The normalized spacial score (nSPS) is 15.2. The molecule has 1 aliphatic rings. The number of carbonyl (C=O) groups excluding carboxylic acids is 1. The average Bonchev–Trinajstić information content (AvgIpc) is 3.08. The highest BCUT2D eigenvalue weighted by Gasteiger charge is 2.27. The number of carbonyl (C=O) groups is 2. The van der Waals surface area contributed by atoms with Gasteiger partial charge in [-0.05, 0) is 48.7 Å². The lowest BCUT2D eigenvalue weighted by atomic mass is 9.97. The summed E-state index contributed by atoms with van der Waals surface area (Å²) in [6.07, 6.45) is 1.01. The smallest absolute Gasteiger partial charge is 0.306 e. The zero-order valence-electron chi connectivity index (χ0n) is 14.8. The van der Waals surface area contributed by atoms with Crippen molar-refractivity contribution in [2.45, 2.75) is 31.8 Å². The quantitative estimate of drug-likeness (QED) is 0.794. The Balaban J connectivity index is 1.62. The Morgan fingerprint density at radius 3 is 2.65 bits per heavy atom. The maximum Gasteiger partial charge on any atom is 0.306 e. The highest BCUT2D eigenvalue weighted by Crippen LogP contribution is 2.23. The van der Waals surface area contributed by atoms with Crippen molar-refractivity contribution in [1.82, 2.24) is 25.1 Å². The number of rotatable bonds is 5. The third kappa shape index (κ3) is 4.04. The molecule has 1 aromatic heterocycles. The van der Waals surface area contributed by atoms with Crippen LogP contribution in [0.4, 0.5) is 0 Å². The molecule has 0 unspecified atom stereocenters. The van der Waals surface area contributed by atoms with Crippen LogP contribution in [0.15, 0.2) is 23.4 Å². The summed E-state index contributed by atoms with van der Waals surface area (Å²) in [7, 11) is 0. The molecule has 1 aliphatic heterocycles. The number of thioether (sulfide) groups is 1. The number of likely N-dealkylation sites (tertiary alicyclic amines) is 1. The van der Waals surface area contributed by atoms with Crippen LogP contribution in [0.25, 0.3) is 5.69 Å². The van der Waals surface area contributed by atoms with Gasteiger partial charge in [-0.2, -0.15) is 4.68 Å². The van der Waals surface area contributed by atoms with Crippen LogP contribution >= 0.6 is 11.8 Å². The maximum absolute atomic E-state index is 12.4. The Kier molecular flexibility index (Phi) is 5.55. The molecular weight excluding hydrogens is 354 g/mol. The number of carboxylic acids is 1. The highest BCUT2D eigenvalue weighted by atomic mass is 32.2. The summed E-state index contributed by atoms with van der Waals surface area (Å²) in [5, 5.41) is 21.4. The summed E-state index contributed by atoms with van der Waals surface area (Å²) < 4.78 is 1.64. The molecule has 0 radical (unpaired) electrons. The first-order valence-electron chi connectivity index (χ1n) is 8.45. The van der Waals surface area contributed by atoms with Crippen molar-refractivity contribution < 1.29 is 14.7 Å². The third-order valence-electron chi connectivity index (χ3n) is 4.54. The van der Waals surface area contributed by atoms with Gasteiger partial charge in [0.25, 0.3) is 0 Å². The SMILES string of the molecule is Cc1ccc(-n2nnnc2SCC(=O)N2CCC(C(=O)O)CC2)c(C)c1. The molecule has 1 N–H and O–H groups in total. The minimum absolute atomic E-state index is 0.0194. The van der Waals surface area contributed by atoms with E-state index in [1.54, 1.807) is 9.58 Å². The van der Waals surface area contributed by atoms with Gasteiger partial charge in [-0.25, -0.2) is 0 Å². The van der Waals surface area contributed by atoms with Crippen LogP contribution in [0.1, 0.15) is 24.0 Å². The first-order chi connectivity index (χ1) is 12.5. The maximum atomic E-state index is 12.4. The number of aryl methyl sites for hydroxylation is 2. The first-order valence-corrected chi connectivity index (χ1v) is 9.43. The van der Waals surface area contributed by atoms with Crippen LogP contribution in [-0.2, 0) is 9.59 Å². The number of amides is 1. The number of piperidine rings is 1. The molecule has 2 heterocycles. The zero-order chi connectivity index (χ0) is 18.7. The van der Waals surface area contributed by atoms with Gasteiger partial charge < -0.3 is 10.0 Å². The van der Waals surface area contributed by atoms with E-state index in [-0.39, 0.29) is 17.6 Å². The number of hydrogen-bond donors (Lipinski definition) is 1. The predicted molar refractivity (Wildman–Crippen MR) is 96.3 cm³/mol. The van der Waals surface area contributed by atoms with E-state index < -0.39 is 5.97 Å². The van der Waals surface area contributed by atoms with E-state index in [9.17, 15) is 9.59 Å². The van der Waals surface area contributed by atoms with E-state index in [4.69, 9.17) is 5.11 Å². The second-order valence-electron chi connectivity index (χ2n) is 6.45. The fraction of sp³-hybridized carbons (Fsp3) is 0.471. The fourth-order valence-electron chi connectivity index (χ4n) is 3.06. The first kappa shape index (κ1) is 18.4. The predicted octanol–water partition coefficient (Wildman–Crippen LogP) is 1.69. The van der Waals surface area contributed by atoms with Crippen LogP contribution in [0.5, 0.6) is 0 Å². The summed E-state index contributed by atoms with van der Waals surface area (Å²) in [4.78, 5) is 25.1. The van der Waals surface area contributed by atoms with Gasteiger partial charge in [0.15, 0.2) is 0 Å². The second-order valence-corrected chi connectivity index (χ2v) is 7.39. The van der Waals surface area contributed by atoms with E-state index in [2.05, 4.69) is 21.6 Å². The van der Waals surface area contributed by atoms with Crippen molar-refractivity contribution >= 4 is 23.6 Å². The fourth-order valence-corrected chi connectivity index (χ4v) is 3.84. The molecule has 26 heavy (non-hydrogen) atoms. The van der Waals surface area contributed by atoms with E-state index in [0.29, 0.717) is 31.1 Å². The summed E-state index contributed by atoms with van der Waals surface area (Å²) in [5.74, 6) is -0.917. The molecule has 0 saturated carbocycles. The van der Waals surface area contributed by atoms with Gasteiger partial charge >= 0.3 is 5.97 Å². The van der Waals surface area contributed by atoms with Crippen molar-refractivity contribution in [1.29, 1.82) is 0 Å². The molecule has 0 aliphatic carbocycles. The van der Waals surface area contributed by atoms with Gasteiger partial charge in [0, 0.05) is 13.1 Å². The zero-order valence-corrected chi connectivity index (χ0v) is 15.6. The molecule has 3 rings (SSSR count). The Morgan fingerprint density at radius 2 is 2.00 bits per heavy atom. The minimum atomic E-state index is -0.779. The van der Waals surface area contributed by atoms with Crippen molar-refractivity contribution in [3.63, 3.8) is 0 Å². The van der Waals surface area contributed by atoms with Gasteiger partial charge in [-0.3, -0.25) is 9.59 Å². The summed E-state index contributed by atoms with van der Waals surface area (Å²) >= 11 is 1.29. The molecule has 0 bridgehead atoms. The molecule has 138 valence electrons. The second kappa shape index (κ2) is 7.86. The molecule has 8 nitrogen and oxygen atoms in total. The Morgan fingerprint density at radius 1 is 1.27 bits per heavy atom. The number of aromatic nitrogens is 4. The summed E-state index contributed by atoms with van der Waals surface area (Å²) in [5.41, 5.74) is 3.10. The molecule has 1 saturated heterocycles. The molecule has 9 heteroatoms. The van der Waals surface area contributed by atoms with Gasteiger partial charge in [0.05, 0.1) is 17.4 Å². The summed E-state index contributed by atoms with van der Waals surface area (Å²) in [6, 6.07) is 6.02. The van der Waals surface area contributed by atoms with Crippen molar-refractivity contribution in [3.8, 4) is 5.69 Å². The van der Waals surface area contributed by atoms with Crippen LogP contribution < -0.4 is 0 Å². The third-order valence-corrected chi connectivity index (χ3v) is 5.45. The van der Waals surface area contributed by atoms with Gasteiger partial charge in [0.2, 0.25) is 11.1 Å². The van der Waals surface area contributed by atoms with Crippen molar-refractivity contribution in [2.24, 2.45) is 5.92 Å². The van der Waals surface area contributed by atoms with E-state index >= 15 is 0 Å². The van der Waals surface area contributed by atoms with Crippen molar-refractivity contribution in [2.75, 3.05) is 18.8 Å². The Hall–Kier alpha value is -2.42. The Bertz CT molecular complexity index is 814. The number of aliphatic carboxylic acids is 1. The number of carboxylic acid groups (broad SMARTS) is 1. The lowest BCUT2D eigenvalue weighted by molar-refractivity contribution is -0.145. The number of tetrazole rings is 1. The lowest BCUT2D eigenvalue weighted by Crippen LogP contribution is -2.41. The molecule has 1 amide bonds. The van der Waals surface area contributed by atoms with Gasteiger partial charge in [-0.15, -0.1) is 5.10 Å². The van der Waals surface area contributed by atoms with Crippen LogP contribution in [0.2, 0.25) is 0 Å². The molecule has 2 aromatic rings. The standard InChI is InChI=1S/C17H21N5O3S/c1-11-3-4-14(12(2)9-11)22-17(18-19-20-22)26-10-15(23)21-7-5-13(6-8-21)16(24)25/h3-4,9,13H,5-8,10H2,1-2H3,(H,24,25).